The Morgan fingerprint density at radius 3 is 2.36 bits per heavy atom. The number of hydrogen-bond acceptors (Lipinski definition) is 6. The molecule has 0 bridgehead atoms. The average Bonchev–Trinajstić information content (AvgIpc) is 2.90. The molecule has 28 heavy (non-hydrogen) atoms. The number of benzene rings is 1. The zero-order chi connectivity index (χ0) is 20.5. The lowest BCUT2D eigenvalue weighted by Crippen LogP contribution is -2.52. The van der Waals surface area contributed by atoms with E-state index >= 15 is 0 Å². The topological polar surface area (TPSA) is 104 Å². The third kappa shape index (κ3) is 3.88. The highest BCUT2D eigenvalue weighted by atomic mass is 32.2. The molecule has 2 aliphatic rings. The van der Waals surface area contributed by atoms with E-state index in [0.29, 0.717) is 11.1 Å². The van der Waals surface area contributed by atoms with E-state index in [1.54, 1.807) is 25.1 Å². The molecule has 0 spiro atoms. The summed E-state index contributed by atoms with van der Waals surface area (Å²) in [6, 6.07) is 4.97. The highest BCUT2D eigenvalue weighted by molar-refractivity contribution is 7.89. The van der Waals surface area contributed by atoms with Crippen LogP contribution in [0, 0.1) is 6.92 Å². The molecule has 0 aromatic heterocycles. The van der Waals surface area contributed by atoms with Crippen molar-refractivity contribution in [2.24, 2.45) is 0 Å². The maximum atomic E-state index is 12.6. The van der Waals surface area contributed by atoms with Crippen LogP contribution >= 0.6 is 0 Å². The monoisotopic (exact) mass is 409 g/mol. The van der Waals surface area contributed by atoms with Crippen molar-refractivity contribution >= 4 is 27.9 Å². The predicted octanol–water partition coefficient (Wildman–Crippen LogP) is 0.695. The molecular formula is C18H23N3O6S. The highest BCUT2D eigenvalue weighted by Crippen LogP contribution is 2.24. The van der Waals surface area contributed by atoms with Crippen molar-refractivity contribution < 1.29 is 27.5 Å². The van der Waals surface area contributed by atoms with Gasteiger partial charge in [0.25, 0.3) is 11.8 Å². The minimum Gasteiger partial charge on any atom is -0.450 e. The van der Waals surface area contributed by atoms with E-state index in [9.17, 15) is 22.8 Å². The largest absolute Gasteiger partial charge is 0.450 e. The van der Waals surface area contributed by atoms with Crippen LogP contribution in [-0.2, 0) is 14.8 Å². The van der Waals surface area contributed by atoms with Gasteiger partial charge in [-0.2, -0.15) is 4.31 Å². The van der Waals surface area contributed by atoms with Gasteiger partial charge in [0.1, 0.15) is 0 Å². The third-order valence-corrected chi connectivity index (χ3v) is 6.71. The van der Waals surface area contributed by atoms with Crippen LogP contribution in [0.3, 0.4) is 0 Å². The van der Waals surface area contributed by atoms with E-state index < -0.39 is 27.9 Å². The number of imide groups is 1. The number of aryl methyl sites for hydroxylation is 1. The molecule has 2 aliphatic heterocycles. The van der Waals surface area contributed by atoms with Gasteiger partial charge in [0.05, 0.1) is 23.5 Å². The van der Waals surface area contributed by atoms with E-state index in [-0.39, 0.29) is 45.1 Å². The molecule has 9 nitrogen and oxygen atoms in total. The summed E-state index contributed by atoms with van der Waals surface area (Å²) in [6.07, 6.45) is -0.458. The molecule has 0 aliphatic carbocycles. The second kappa shape index (κ2) is 7.88. The van der Waals surface area contributed by atoms with Gasteiger partial charge in [-0.05, 0) is 26.0 Å². The van der Waals surface area contributed by atoms with E-state index in [1.807, 2.05) is 6.92 Å². The molecule has 0 saturated carbocycles. The molecule has 1 aromatic rings. The first-order valence-electron chi connectivity index (χ1n) is 9.11. The maximum absolute atomic E-state index is 12.6. The molecule has 0 N–H and O–H groups in total. The Kier molecular flexibility index (Phi) is 5.71. The molecule has 3 rings (SSSR count). The number of rotatable bonds is 5. The van der Waals surface area contributed by atoms with Gasteiger partial charge in [0, 0.05) is 32.7 Å². The first-order valence-corrected chi connectivity index (χ1v) is 10.7. The van der Waals surface area contributed by atoms with E-state index in [1.165, 1.54) is 9.21 Å². The standard InChI is InChI=1S/C18H23N3O6S/c1-3-27-18(24)19-6-8-20(9-7-19)28(25,26)11-10-21-16(22)14-5-4-13(2)12-15(14)17(21)23/h4-5,12H,3,6-11H2,1-2H3. The van der Waals surface area contributed by atoms with Gasteiger partial charge in [-0.3, -0.25) is 14.5 Å². The van der Waals surface area contributed by atoms with Crippen molar-refractivity contribution in [1.29, 1.82) is 0 Å². The third-order valence-electron chi connectivity index (χ3n) is 4.86. The Hall–Kier alpha value is -2.46. The van der Waals surface area contributed by atoms with Crippen molar-refractivity contribution in [2.75, 3.05) is 45.1 Å². The molecule has 10 heteroatoms. The van der Waals surface area contributed by atoms with Crippen LogP contribution in [0.25, 0.3) is 0 Å². The summed E-state index contributed by atoms with van der Waals surface area (Å²) in [6.45, 7) is 4.38. The second-order valence-electron chi connectivity index (χ2n) is 6.71. The Morgan fingerprint density at radius 1 is 1.07 bits per heavy atom. The van der Waals surface area contributed by atoms with E-state index in [2.05, 4.69) is 0 Å². The number of fused-ring (bicyclic) bond motifs is 1. The normalized spacial score (nSPS) is 17.8. The Bertz CT molecular complexity index is 906. The average molecular weight is 409 g/mol. The first kappa shape index (κ1) is 20.3. The van der Waals surface area contributed by atoms with Crippen LogP contribution in [0.2, 0.25) is 0 Å². The zero-order valence-electron chi connectivity index (χ0n) is 15.9. The summed E-state index contributed by atoms with van der Waals surface area (Å²) in [5.74, 6) is -1.29. The first-order chi connectivity index (χ1) is 13.2. The van der Waals surface area contributed by atoms with Gasteiger partial charge in [-0.15, -0.1) is 0 Å². The fourth-order valence-electron chi connectivity index (χ4n) is 3.31. The summed E-state index contributed by atoms with van der Waals surface area (Å²) in [4.78, 5) is 39.1. The minimum atomic E-state index is -3.67. The van der Waals surface area contributed by atoms with Crippen LogP contribution in [-0.4, -0.2) is 85.5 Å². The number of carbonyl (C=O) groups excluding carboxylic acids is 3. The Balaban J connectivity index is 1.60. The van der Waals surface area contributed by atoms with E-state index in [0.717, 1.165) is 10.5 Å². The number of amides is 3. The van der Waals surface area contributed by atoms with Crippen molar-refractivity contribution in [1.82, 2.24) is 14.1 Å². The quantitative estimate of drug-likeness (QED) is 0.663. The molecule has 3 amide bonds. The molecule has 152 valence electrons. The summed E-state index contributed by atoms with van der Waals surface area (Å²) < 4.78 is 31.5. The van der Waals surface area contributed by atoms with Crippen LogP contribution in [0.1, 0.15) is 33.2 Å². The Labute approximate surface area is 163 Å². The lowest BCUT2D eigenvalue weighted by Gasteiger charge is -2.33. The van der Waals surface area contributed by atoms with Gasteiger partial charge in [-0.1, -0.05) is 11.6 Å². The number of sulfonamides is 1. The van der Waals surface area contributed by atoms with Crippen LogP contribution in [0.15, 0.2) is 18.2 Å². The van der Waals surface area contributed by atoms with Crippen molar-refractivity contribution in [3.05, 3.63) is 34.9 Å². The lowest BCUT2D eigenvalue weighted by atomic mass is 10.1. The molecule has 0 atom stereocenters. The fraction of sp³-hybridized carbons (Fsp3) is 0.500. The van der Waals surface area contributed by atoms with Crippen molar-refractivity contribution in [3.8, 4) is 0 Å². The van der Waals surface area contributed by atoms with Crippen molar-refractivity contribution in [3.63, 3.8) is 0 Å². The molecule has 2 heterocycles. The molecule has 0 radical (unpaired) electrons. The van der Waals surface area contributed by atoms with Gasteiger partial charge in [-0.25, -0.2) is 13.2 Å². The molecule has 1 aromatic carbocycles. The smallest absolute Gasteiger partial charge is 0.409 e. The highest BCUT2D eigenvalue weighted by Gasteiger charge is 2.37. The predicted molar refractivity (Wildman–Crippen MR) is 101 cm³/mol. The number of hydrogen-bond donors (Lipinski definition) is 0. The van der Waals surface area contributed by atoms with E-state index in [4.69, 9.17) is 4.74 Å². The number of nitrogens with zero attached hydrogens (tertiary/aromatic N) is 3. The maximum Gasteiger partial charge on any atom is 0.409 e. The second-order valence-corrected chi connectivity index (χ2v) is 8.80. The molecule has 1 saturated heterocycles. The van der Waals surface area contributed by atoms with Crippen LogP contribution in [0.5, 0.6) is 0 Å². The van der Waals surface area contributed by atoms with Crippen molar-refractivity contribution in [2.45, 2.75) is 13.8 Å². The summed E-state index contributed by atoms with van der Waals surface area (Å²) >= 11 is 0. The van der Waals surface area contributed by atoms with Gasteiger partial charge < -0.3 is 9.64 Å². The fourth-order valence-corrected chi connectivity index (χ4v) is 4.70. The number of carbonyl (C=O) groups is 3. The summed E-state index contributed by atoms with van der Waals surface area (Å²) in [5.41, 5.74) is 1.47. The molecule has 0 unspecified atom stereocenters. The zero-order valence-corrected chi connectivity index (χ0v) is 16.7. The van der Waals surface area contributed by atoms with Gasteiger partial charge >= 0.3 is 6.09 Å². The lowest BCUT2D eigenvalue weighted by molar-refractivity contribution is 0.0662. The van der Waals surface area contributed by atoms with Gasteiger partial charge in [0.15, 0.2) is 0 Å². The molecule has 1 fully saturated rings. The van der Waals surface area contributed by atoms with Gasteiger partial charge in [0.2, 0.25) is 10.0 Å². The van der Waals surface area contributed by atoms with Crippen LogP contribution < -0.4 is 0 Å². The minimum absolute atomic E-state index is 0.155. The molecular weight excluding hydrogens is 386 g/mol. The number of ether oxygens (including phenoxy) is 1. The summed E-state index contributed by atoms with van der Waals surface area (Å²) in [5, 5.41) is 0. The SMILES string of the molecule is CCOC(=O)N1CCN(S(=O)(=O)CCN2C(=O)c3ccc(C)cc3C2=O)CC1. The summed E-state index contributed by atoms with van der Waals surface area (Å²) in [7, 11) is -3.67. The Morgan fingerprint density at radius 2 is 1.71 bits per heavy atom. The van der Waals surface area contributed by atoms with Crippen LogP contribution in [0.4, 0.5) is 4.79 Å². The number of piperazine rings is 1.